The van der Waals surface area contributed by atoms with Crippen molar-refractivity contribution in [2.24, 2.45) is 7.05 Å². The predicted octanol–water partition coefficient (Wildman–Crippen LogP) is 4.36. The van der Waals surface area contributed by atoms with Crippen molar-refractivity contribution < 1.29 is 13.2 Å². The lowest BCUT2D eigenvalue weighted by atomic mass is 10.1. The maximum atomic E-state index is 13.0. The Balaban J connectivity index is 1.54. The topological polar surface area (TPSA) is 93.1 Å². The number of hydrogen-bond acceptors (Lipinski definition) is 4. The molecular weight excluding hydrogens is 448 g/mol. The molecule has 0 radical (unpaired) electrons. The van der Waals surface area contributed by atoms with Crippen LogP contribution in [0.3, 0.4) is 0 Å². The van der Waals surface area contributed by atoms with Crippen LogP contribution in [0.2, 0.25) is 0 Å². The summed E-state index contributed by atoms with van der Waals surface area (Å²) in [5.74, 6) is 0.360. The smallest absolute Gasteiger partial charge is 0.261 e. The first kappa shape index (κ1) is 23.3. The summed E-state index contributed by atoms with van der Waals surface area (Å²) in [6.45, 7) is 3.89. The third-order valence-corrected chi connectivity index (χ3v) is 7.11. The first-order chi connectivity index (χ1) is 16.2. The molecule has 1 heterocycles. The molecule has 4 rings (SSSR count). The third kappa shape index (κ3) is 5.02. The monoisotopic (exact) mass is 474 g/mol. The molecule has 0 saturated carbocycles. The lowest BCUT2D eigenvalue weighted by Gasteiger charge is -2.19. The Morgan fingerprint density at radius 2 is 1.65 bits per heavy atom. The second-order valence-corrected chi connectivity index (χ2v) is 9.82. The highest BCUT2D eigenvalue weighted by Crippen LogP contribution is 2.22. The number of rotatable bonds is 7. The van der Waals surface area contributed by atoms with Gasteiger partial charge in [-0.1, -0.05) is 36.4 Å². The lowest BCUT2D eigenvalue weighted by Crippen LogP contribution is -2.31. The molecule has 1 aromatic heterocycles. The van der Waals surface area contributed by atoms with Crippen LogP contribution in [0.4, 0.5) is 5.69 Å². The van der Waals surface area contributed by atoms with Gasteiger partial charge in [-0.3, -0.25) is 9.52 Å². The Morgan fingerprint density at radius 3 is 2.26 bits per heavy atom. The summed E-state index contributed by atoms with van der Waals surface area (Å²) < 4.78 is 30.1. The van der Waals surface area contributed by atoms with Crippen molar-refractivity contribution in [2.45, 2.75) is 24.8 Å². The summed E-state index contributed by atoms with van der Waals surface area (Å²) in [5.41, 5.74) is 3.80. The van der Waals surface area contributed by atoms with E-state index in [2.05, 4.69) is 15.0 Å². The van der Waals surface area contributed by atoms with E-state index in [4.69, 9.17) is 0 Å². The van der Waals surface area contributed by atoms with Crippen LogP contribution < -0.4 is 10.0 Å². The van der Waals surface area contributed by atoms with Crippen molar-refractivity contribution in [1.29, 1.82) is 0 Å². The van der Waals surface area contributed by atoms with Crippen molar-refractivity contribution >= 4 is 21.6 Å². The summed E-state index contributed by atoms with van der Waals surface area (Å²) in [6, 6.07) is 20.4. The standard InChI is InChI=1S/C26H26N4O3S/c1-18-9-12-22(17-19(18)2)29-34(32,33)23-13-10-21(11-14-23)26(31)28-24(20-7-5-4-6-8-20)25-27-15-16-30(25)3/h4-17,24,29H,1-3H3,(H,28,31). The SMILES string of the molecule is Cc1ccc(NS(=O)(=O)c2ccc(C(=O)NC(c3ccccc3)c3nccn3C)cc2)cc1C. The van der Waals surface area contributed by atoms with Gasteiger partial charge in [0.1, 0.15) is 11.9 Å². The molecule has 0 bridgehead atoms. The highest BCUT2D eigenvalue weighted by atomic mass is 32.2. The Labute approximate surface area is 199 Å². The molecule has 0 fully saturated rings. The van der Waals surface area contributed by atoms with Gasteiger partial charge in [0, 0.05) is 30.7 Å². The van der Waals surface area contributed by atoms with Crippen LogP contribution in [-0.4, -0.2) is 23.9 Å². The van der Waals surface area contributed by atoms with Crippen molar-refractivity contribution in [1.82, 2.24) is 14.9 Å². The van der Waals surface area contributed by atoms with Crippen molar-refractivity contribution in [2.75, 3.05) is 4.72 Å². The van der Waals surface area contributed by atoms with Crippen molar-refractivity contribution in [3.63, 3.8) is 0 Å². The van der Waals surface area contributed by atoms with Crippen LogP contribution in [0.1, 0.15) is 38.9 Å². The average molecular weight is 475 g/mol. The van der Waals surface area contributed by atoms with E-state index in [1.165, 1.54) is 24.3 Å². The minimum atomic E-state index is -3.79. The normalized spacial score (nSPS) is 12.2. The number of imidazole rings is 1. The summed E-state index contributed by atoms with van der Waals surface area (Å²) in [6.07, 6.45) is 3.50. The molecule has 2 N–H and O–H groups in total. The fourth-order valence-corrected chi connectivity index (χ4v) is 4.67. The zero-order valence-corrected chi connectivity index (χ0v) is 20.0. The third-order valence-electron chi connectivity index (χ3n) is 5.71. The number of nitrogens with one attached hydrogen (secondary N) is 2. The fourth-order valence-electron chi connectivity index (χ4n) is 3.62. The largest absolute Gasteiger partial charge is 0.338 e. The lowest BCUT2D eigenvalue weighted by molar-refractivity contribution is 0.0941. The quantitative estimate of drug-likeness (QED) is 0.416. The van der Waals surface area contributed by atoms with Gasteiger partial charge in [0.05, 0.1) is 4.90 Å². The fraction of sp³-hybridized carbons (Fsp3) is 0.154. The van der Waals surface area contributed by atoms with Gasteiger partial charge >= 0.3 is 0 Å². The molecule has 0 aliphatic rings. The van der Waals surface area contributed by atoms with Gasteiger partial charge in [-0.25, -0.2) is 13.4 Å². The van der Waals surface area contributed by atoms with E-state index in [0.717, 1.165) is 16.7 Å². The Morgan fingerprint density at radius 1 is 0.941 bits per heavy atom. The van der Waals surface area contributed by atoms with Crippen LogP contribution in [0.5, 0.6) is 0 Å². The number of anilines is 1. The second-order valence-electron chi connectivity index (χ2n) is 8.14. The summed E-state index contributed by atoms with van der Waals surface area (Å²) >= 11 is 0. The van der Waals surface area contributed by atoms with Gasteiger partial charge in [0.15, 0.2) is 0 Å². The first-order valence-corrected chi connectivity index (χ1v) is 12.3. The molecule has 3 aromatic carbocycles. The van der Waals surface area contributed by atoms with E-state index in [1.54, 1.807) is 18.3 Å². The number of carbonyl (C=O) groups is 1. The number of nitrogens with zero attached hydrogens (tertiary/aromatic N) is 2. The van der Waals surface area contributed by atoms with E-state index in [-0.39, 0.29) is 10.8 Å². The molecule has 7 nitrogen and oxygen atoms in total. The number of amides is 1. The van der Waals surface area contributed by atoms with E-state index in [0.29, 0.717) is 17.1 Å². The van der Waals surface area contributed by atoms with Gasteiger partial charge in [-0.15, -0.1) is 0 Å². The maximum absolute atomic E-state index is 13.0. The molecular formula is C26H26N4O3S. The highest BCUT2D eigenvalue weighted by Gasteiger charge is 2.22. The summed E-state index contributed by atoms with van der Waals surface area (Å²) in [7, 11) is -1.92. The summed E-state index contributed by atoms with van der Waals surface area (Å²) in [4.78, 5) is 17.5. The molecule has 0 aliphatic carbocycles. The molecule has 34 heavy (non-hydrogen) atoms. The van der Waals surface area contributed by atoms with E-state index in [9.17, 15) is 13.2 Å². The molecule has 8 heteroatoms. The van der Waals surface area contributed by atoms with Crippen molar-refractivity contribution in [3.05, 3.63) is 113 Å². The van der Waals surface area contributed by atoms with Crippen LogP contribution in [0, 0.1) is 13.8 Å². The molecule has 1 amide bonds. The Hall–Kier alpha value is -3.91. The van der Waals surface area contributed by atoms with Gasteiger partial charge in [0.25, 0.3) is 15.9 Å². The van der Waals surface area contributed by atoms with Gasteiger partial charge in [0.2, 0.25) is 0 Å². The van der Waals surface area contributed by atoms with Gasteiger partial charge in [-0.2, -0.15) is 0 Å². The van der Waals surface area contributed by atoms with E-state index in [1.807, 2.05) is 68.1 Å². The zero-order chi connectivity index (χ0) is 24.3. The molecule has 0 spiro atoms. The Bertz CT molecular complexity index is 1410. The minimum Gasteiger partial charge on any atom is -0.338 e. The van der Waals surface area contributed by atoms with Crippen LogP contribution in [0.15, 0.2) is 90.1 Å². The number of carbonyl (C=O) groups excluding carboxylic acids is 1. The van der Waals surface area contributed by atoms with Crippen molar-refractivity contribution in [3.8, 4) is 0 Å². The summed E-state index contributed by atoms with van der Waals surface area (Å²) in [5, 5.41) is 3.02. The molecule has 1 atom stereocenters. The molecule has 0 aliphatic heterocycles. The Kier molecular flexibility index (Phi) is 6.51. The zero-order valence-electron chi connectivity index (χ0n) is 19.2. The van der Waals surface area contributed by atoms with Gasteiger partial charge < -0.3 is 9.88 Å². The number of aromatic nitrogens is 2. The molecule has 0 saturated heterocycles. The van der Waals surface area contributed by atoms with E-state index < -0.39 is 16.1 Å². The van der Waals surface area contributed by atoms with Gasteiger partial charge in [-0.05, 0) is 66.9 Å². The average Bonchev–Trinajstić information content (AvgIpc) is 3.25. The molecule has 174 valence electrons. The number of aryl methyl sites for hydroxylation is 3. The second kappa shape index (κ2) is 9.52. The number of benzene rings is 3. The molecule has 1 unspecified atom stereocenters. The maximum Gasteiger partial charge on any atom is 0.261 e. The van der Waals surface area contributed by atoms with Crippen LogP contribution >= 0.6 is 0 Å². The number of hydrogen-bond donors (Lipinski definition) is 2. The molecule has 4 aromatic rings. The van der Waals surface area contributed by atoms with Crippen LogP contribution in [-0.2, 0) is 17.1 Å². The van der Waals surface area contributed by atoms with Crippen LogP contribution in [0.25, 0.3) is 0 Å². The number of sulfonamides is 1. The highest BCUT2D eigenvalue weighted by molar-refractivity contribution is 7.92. The van der Waals surface area contributed by atoms with E-state index >= 15 is 0 Å². The first-order valence-electron chi connectivity index (χ1n) is 10.8. The predicted molar refractivity (Wildman–Crippen MR) is 132 cm³/mol. The minimum absolute atomic E-state index is 0.0750.